The molecule has 1 heterocycles. The van der Waals surface area contributed by atoms with Crippen LogP contribution in [-0.2, 0) is 0 Å². The van der Waals surface area contributed by atoms with Crippen LogP contribution in [0.25, 0.3) is 0 Å². The Morgan fingerprint density at radius 1 is 1.29 bits per heavy atom. The SMILES string of the molecule is CCCCN1CCC(NC(=O)NC(C)(CO)C2CC2)CC1. The number of rotatable bonds is 7. The van der Waals surface area contributed by atoms with Crippen molar-refractivity contribution in [3.63, 3.8) is 0 Å². The number of carbonyl (C=O) groups is 1. The first-order valence-corrected chi connectivity index (χ1v) is 8.49. The van der Waals surface area contributed by atoms with Crippen LogP contribution in [0.15, 0.2) is 0 Å². The molecule has 1 aliphatic carbocycles. The van der Waals surface area contributed by atoms with Gasteiger partial charge in [-0.15, -0.1) is 0 Å². The number of nitrogens with one attached hydrogen (secondary N) is 2. The number of aliphatic hydroxyl groups excluding tert-OH is 1. The molecule has 2 aliphatic rings. The quantitative estimate of drug-likeness (QED) is 0.670. The number of unbranched alkanes of at least 4 members (excludes halogenated alkanes) is 1. The molecule has 3 N–H and O–H groups in total. The van der Waals surface area contributed by atoms with E-state index in [4.69, 9.17) is 0 Å². The van der Waals surface area contributed by atoms with E-state index in [-0.39, 0.29) is 18.7 Å². The van der Waals surface area contributed by atoms with E-state index < -0.39 is 5.54 Å². The molecule has 5 heteroatoms. The van der Waals surface area contributed by atoms with Gasteiger partial charge in [0.2, 0.25) is 0 Å². The van der Waals surface area contributed by atoms with Gasteiger partial charge in [0.05, 0.1) is 12.1 Å². The van der Waals surface area contributed by atoms with Crippen LogP contribution in [0, 0.1) is 5.92 Å². The number of urea groups is 1. The van der Waals surface area contributed by atoms with Crippen LogP contribution < -0.4 is 10.6 Å². The van der Waals surface area contributed by atoms with Crippen molar-refractivity contribution in [3.05, 3.63) is 0 Å². The Morgan fingerprint density at radius 2 is 1.95 bits per heavy atom. The lowest BCUT2D eigenvalue weighted by Crippen LogP contribution is -2.56. The molecule has 0 spiro atoms. The molecule has 2 amide bonds. The van der Waals surface area contributed by atoms with Crippen LogP contribution in [0.1, 0.15) is 52.4 Å². The molecular formula is C16H31N3O2. The third-order valence-electron chi connectivity index (χ3n) is 4.96. The van der Waals surface area contributed by atoms with E-state index in [1.54, 1.807) is 0 Å². The molecule has 2 rings (SSSR count). The lowest BCUT2D eigenvalue weighted by molar-refractivity contribution is 0.149. The van der Waals surface area contributed by atoms with Crippen molar-refractivity contribution in [1.29, 1.82) is 0 Å². The summed E-state index contributed by atoms with van der Waals surface area (Å²) in [5.41, 5.74) is -0.452. The zero-order valence-electron chi connectivity index (χ0n) is 13.5. The zero-order valence-corrected chi connectivity index (χ0v) is 13.5. The number of aliphatic hydroxyl groups is 1. The summed E-state index contributed by atoms with van der Waals surface area (Å²) in [6.45, 7) is 7.50. The maximum Gasteiger partial charge on any atom is 0.315 e. The van der Waals surface area contributed by atoms with Crippen LogP contribution in [-0.4, -0.2) is 53.9 Å². The first-order chi connectivity index (χ1) is 10.1. The van der Waals surface area contributed by atoms with Gasteiger partial charge in [0.25, 0.3) is 0 Å². The molecular weight excluding hydrogens is 266 g/mol. The second-order valence-electron chi connectivity index (χ2n) is 6.92. The van der Waals surface area contributed by atoms with Gasteiger partial charge < -0.3 is 20.6 Å². The van der Waals surface area contributed by atoms with Gasteiger partial charge in [-0.1, -0.05) is 13.3 Å². The largest absolute Gasteiger partial charge is 0.394 e. The summed E-state index contributed by atoms with van der Waals surface area (Å²) in [4.78, 5) is 14.6. The average Bonchev–Trinajstić information content (AvgIpc) is 3.31. The van der Waals surface area contributed by atoms with Crippen LogP contribution in [0.5, 0.6) is 0 Å². The van der Waals surface area contributed by atoms with Gasteiger partial charge in [-0.05, 0) is 51.5 Å². The highest BCUT2D eigenvalue weighted by molar-refractivity contribution is 5.75. The smallest absolute Gasteiger partial charge is 0.315 e. The van der Waals surface area contributed by atoms with E-state index in [0.29, 0.717) is 5.92 Å². The summed E-state index contributed by atoms with van der Waals surface area (Å²) in [5, 5.41) is 15.6. The second kappa shape index (κ2) is 7.45. The third-order valence-corrected chi connectivity index (χ3v) is 4.96. The highest BCUT2D eigenvalue weighted by Gasteiger charge is 2.42. The minimum atomic E-state index is -0.452. The van der Waals surface area contributed by atoms with Crippen LogP contribution in [0.4, 0.5) is 4.79 Å². The summed E-state index contributed by atoms with van der Waals surface area (Å²) >= 11 is 0. The average molecular weight is 297 g/mol. The first kappa shape index (κ1) is 16.6. The number of amides is 2. The number of hydrogen-bond donors (Lipinski definition) is 3. The van der Waals surface area contributed by atoms with E-state index in [0.717, 1.165) is 38.8 Å². The predicted molar refractivity (Wildman–Crippen MR) is 84.3 cm³/mol. The van der Waals surface area contributed by atoms with Crippen LogP contribution in [0.2, 0.25) is 0 Å². The molecule has 1 saturated heterocycles. The lowest BCUT2D eigenvalue weighted by atomic mass is 9.97. The molecule has 122 valence electrons. The Balaban J connectivity index is 1.69. The van der Waals surface area contributed by atoms with Gasteiger partial charge in [0.1, 0.15) is 0 Å². The lowest BCUT2D eigenvalue weighted by Gasteiger charge is -2.34. The fourth-order valence-corrected chi connectivity index (χ4v) is 3.15. The minimum Gasteiger partial charge on any atom is -0.394 e. The highest BCUT2D eigenvalue weighted by Crippen LogP contribution is 2.39. The molecule has 5 nitrogen and oxygen atoms in total. The summed E-state index contributed by atoms with van der Waals surface area (Å²) in [7, 11) is 0. The molecule has 1 unspecified atom stereocenters. The Bertz CT molecular complexity index is 338. The fourth-order valence-electron chi connectivity index (χ4n) is 3.15. The van der Waals surface area contributed by atoms with Crippen molar-refractivity contribution < 1.29 is 9.90 Å². The van der Waals surface area contributed by atoms with E-state index in [2.05, 4.69) is 22.5 Å². The molecule has 0 aromatic heterocycles. The monoisotopic (exact) mass is 297 g/mol. The summed E-state index contributed by atoms with van der Waals surface area (Å²) in [6, 6.07) is 0.149. The normalized spacial score (nSPS) is 23.6. The van der Waals surface area contributed by atoms with Crippen molar-refractivity contribution in [2.24, 2.45) is 5.92 Å². The summed E-state index contributed by atoms with van der Waals surface area (Å²) < 4.78 is 0. The van der Waals surface area contributed by atoms with Gasteiger partial charge in [0.15, 0.2) is 0 Å². The standard InChI is InChI=1S/C16H31N3O2/c1-3-4-9-19-10-7-14(8-11-19)17-15(21)18-16(2,12-20)13-5-6-13/h13-14,20H,3-12H2,1-2H3,(H2,17,18,21). The molecule has 0 radical (unpaired) electrons. The fraction of sp³-hybridized carbons (Fsp3) is 0.938. The second-order valence-corrected chi connectivity index (χ2v) is 6.92. The Kier molecular flexibility index (Phi) is 5.88. The van der Waals surface area contributed by atoms with E-state index in [1.165, 1.54) is 19.4 Å². The van der Waals surface area contributed by atoms with Gasteiger partial charge in [-0.3, -0.25) is 0 Å². The van der Waals surface area contributed by atoms with Crippen LogP contribution in [0.3, 0.4) is 0 Å². The van der Waals surface area contributed by atoms with Gasteiger partial charge in [-0.2, -0.15) is 0 Å². The number of likely N-dealkylation sites (tertiary alicyclic amines) is 1. The van der Waals surface area contributed by atoms with E-state index in [9.17, 15) is 9.90 Å². The van der Waals surface area contributed by atoms with Crippen molar-refractivity contribution in [2.75, 3.05) is 26.2 Å². The molecule has 0 aromatic rings. The summed E-state index contributed by atoms with van der Waals surface area (Å²) in [6.07, 6.45) is 6.75. The number of carbonyl (C=O) groups excluding carboxylic acids is 1. The highest BCUT2D eigenvalue weighted by atomic mass is 16.3. The number of hydrogen-bond acceptors (Lipinski definition) is 3. The Morgan fingerprint density at radius 3 is 2.48 bits per heavy atom. The van der Waals surface area contributed by atoms with Gasteiger partial charge >= 0.3 is 6.03 Å². The number of piperidine rings is 1. The molecule has 21 heavy (non-hydrogen) atoms. The van der Waals surface area contributed by atoms with Crippen molar-refractivity contribution in [2.45, 2.75) is 64.0 Å². The van der Waals surface area contributed by atoms with E-state index >= 15 is 0 Å². The minimum absolute atomic E-state index is 0.0144. The first-order valence-electron chi connectivity index (χ1n) is 8.49. The van der Waals surface area contributed by atoms with Crippen molar-refractivity contribution in [1.82, 2.24) is 15.5 Å². The molecule has 1 saturated carbocycles. The van der Waals surface area contributed by atoms with Gasteiger partial charge in [-0.25, -0.2) is 4.79 Å². The van der Waals surface area contributed by atoms with Gasteiger partial charge in [0, 0.05) is 19.1 Å². The van der Waals surface area contributed by atoms with Crippen molar-refractivity contribution in [3.8, 4) is 0 Å². The van der Waals surface area contributed by atoms with Crippen molar-refractivity contribution >= 4 is 6.03 Å². The maximum absolute atomic E-state index is 12.1. The molecule has 1 atom stereocenters. The molecule has 2 fully saturated rings. The zero-order chi connectivity index (χ0) is 15.3. The molecule has 0 bridgehead atoms. The summed E-state index contributed by atoms with van der Waals surface area (Å²) in [5.74, 6) is 0.434. The predicted octanol–water partition coefficient (Wildman–Crippen LogP) is 1.71. The third kappa shape index (κ3) is 4.85. The Labute approximate surface area is 128 Å². The van der Waals surface area contributed by atoms with E-state index in [1.807, 2.05) is 6.92 Å². The maximum atomic E-state index is 12.1. The Hall–Kier alpha value is -0.810. The molecule has 1 aliphatic heterocycles. The number of nitrogens with zero attached hydrogens (tertiary/aromatic N) is 1. The molecule has 0 aromatic carbocycles. The van der Waals surface area contributed by atoms with Crippen LogP contribution >= 0.6 is 0 Å². The topological polar surface area (TPSA) is 64.6 Å².